The third-order valence-electron chi connectivity index (χ3n) is 2.24. The average Bonchev–Trinajstić information content (AvgIpc) is 2.19. The van der Waals surface area contributed by atoms with Crippen molar-refractivity contribution in [3.05, 3.63) is 0 Å². The normalized spacial score (nSPS) is 11.1. The van der Waals surface area contributed by atoms with Gasteiger partial charge in [0.1, 0.15) is 0 Å². The Balaban J connectivity index is 3.21. The fraction of sp³-hybridized carbons (Fsp3) is 0.923. The maximum absolute atomic E-state index is 11.3. The molecule has 0 fully saturated rings. The van der Waals surface area contributed by atoms with Crippen molar-refractivity contribution in [2.45, 2.75) is 47.0 Å². The molecule has 0 bridgehead atoms. The third-order valence-corrected chi connectivity index (χ3v) is 2.24. The van der Waals surface area contributed by atoms with Gasteiger partial charge in [0.25, 0.3) is 0 Å². The molecule has 3 heteroatoms. The maximum atomic E-state index is 11.3. The molecule has 0 aliphatic heterocycles. The van der Waals surface area contributed by atoms with Crippen LogP contribution in [-0.2, 0) is 9.53 Å². The second kappa shape index (κ2) is 9.64. The van der Waals surface area contributed by atoms with Gasteiger partial charge in [-0.3, -0.25) is 4.79 Å². The number of hydrogen-bond acceptors (Lipinski definition) is 2. The summed E-state index contributed by atoms with van der Waals surface area (Å²) < 4.78 is 5.44. The second-order valence-electron chi connectivity index (χ2n) is 5.10. The molecule has 0 saturated heterocycles. The fourth-order valence-corrected chi connectivity index (χ4v) is 1.16. The van der Waals surface area contributed by atoms with Gasteiger partial charge in [0, 0.05) is 26.2 Å². The summed E-state index contributed by atoms with van der Waals surface area (Å²) in [5.41, 5.74) is 0. The minimum absolute atomic E-state index is 0.140. The van der Waals surface area contributed by atoms with Crippen LogP contribution in [0.15, 0.2) is 0 Å². The highest BCUT2D eigenvalue weighted by Crippen LogP contribution is 2.00. The van der Waals surface area contributed by atoms with Crippen molar-refractivity contribution < 1.29 is 9.53 Å². The first-order valence-corrected chi connectivity index (χ1v) is 6.36. The van der Waals surface area contributed by atoms with Crippen molar-refractivity contribution in [2.75, 3.05) is 19.8 Å². The molecule has 0 aliphatic rings. The number of rotatable bonds is 9. The lowest BCUT2D eigenvalue weighted by Gasteiger charge is -2.08. The minimum Gasteiger partial charge on any atom is -0.381 e. The Hall–Kier alpha value is -0.570. The molecule has 3 nitrogen and oxygen atoms in total. The van der Waals surface area contributed by atoms with Crippen molar-refractivity contribution in [3.8, 4) is 0 Å². The molecule has 0 radical (unpaired) electrons. The van der Waals surface area contributed by atoms with Crippen LogP contribution in [-0.4, -0.2) is 25.7 Å². The first-order chi connectivity index (χ1) is 7.52. The van der Waals surface area contributed by atoms with Crippen molar-refractivity contribution >= 4 is 5.91 Å². The van der Waals surface area contributed by atoms with Gasteiger partial charge >= 0.3 is 0 Å². The highest BCUT2D eigenvalue weighted by atomic mass is 16.5. The predicted octanol–water partition coefficient (Wildman–Crippen LogP) is 2.60. The lowest BCUT2D eigenvalue weighted by Crippen LogP contribution is -2.27. The molecule has 96 valence electrons. The van der Waals surface area contributed by atoms with E-state index in [1.807, 2.05) is 0 Å². The van der Waals surface area contributed by atoms with Crippen molar-refractivity contribution in [1.29, 1.82) is 0 Å². The molecular weight excluding hydrogens is 202 g/mol. The van der Waals surface area contributed by atoms with E-state index in [0.717, 1.165) is 26.0 Å². The Bertz CT molecular complexity index is 179. The quantitative estimate of drug-likeness (QED) is 0.617. The molecular formula is C13H27NO2. The SMILES string of the molecule is CC(C)CCOCCCC(=O)NCC(C)C. The summed E-state index contributed by atoms with van der Waals surface area (Å²) >= 11 is 0. The van der Waals surface area contributed by atoms with Crippen LogP contribution in [0.2, 0.25) is 0 Å². The Kier molecular flexibility index (Phi) is 9.30. The van der Waals surface area contributed by atoms with Crippen molar-refractivity contribution in [1.82, 2.24) is 5.32 Å². The Morgan fingerprint density at radius 1 is 1.12 bits per heavy atom. The number of amides is 1. The van der Waals surface area contributed by atoms with Crippen LogP contribution < -0.4 is 5.32 Å². The number of carbonyl (C=O) groups is 1. The van der Waals surface area contributed by atoms with Crippen LogP contribution in [0.4, 0.5) is 0 Å². The predicted molar refractivity (Wildman–Crippen MR) is 67.4 cm³/mol. The van der Waals surface area contributed by atoms with Crippen LogP contribution in [0.1, 0.15) is 47.0 Å². The van der Waals surface area contributed by atoms with Gasteiger partial charge in [0.05, 0.1) is 0 Å². The lowest BCUT2D eigenvalue weighted by molar-refractivity contribution is -0.121. The number of ether oxygens (including phenoxy) is 1. The van der Waals surface area contributed by atoms with Crippen molar-refractivity contribution in [3.63, 3.8) is 0 Å². The van der Waals surface area contributed by atoms with Crippen LogP contribution >= 0.6 is 0 Å². The molecule has 16 heavy (non-hydrogen) atoms. The van der Waals surface area contributed by atoms with Gasteiger partial charge in [0.2, 0.25) is 5.91 Å². The highest BCUT2D eigenvalue weighted by molar-refractivity contribution is 5.75. The summed E-state index contributed by atoms with van der Waals surface area (Å²) in [4.78, 5) is 11.3. The number of hydrogen-bond donors (Lipinski definition) is 1. The van der Waals surface area contributed by atoms with E-state index in [2.05, 4.69) is 33.0 Å². The van der Waals surface area contributed by atoms with Gasteiger partial charge in [-0.15, -0.1) is 0 Å². The molecule has 0 aliphatic carbocycles. The minimum atomic E-state index is 0.140. The summed E-state index contributed by atoms with van der Waals surface area (Å²) in [5, 5.41) is 2.90. The second-order valence-corrected chi connectivity index (χ2v) is 5.10. The summed E-state index contributed by atoms with van der Waals surface area (Å²) in [7, 11) is 0. The summed E-state index contributed by atoms with van der Waals surface area (Å²) in [6, 6.07) is 0. The zero-order valence-corrected chi connectivity index (χ0v) is 11.2. The molecule has 1 amide bonds. The molecule has 0 atom stereocenters. The van der Waals surface area contributed by atoms with Crippen LogP contribution in [0.3, 0.4) is 0 Å². The highest BCUT2D eigenvalue weighted by Gasteiger charge is 2.02. The maximum Gasteiger partial charge on any atom is 0.220 e. The molecule has 0 saturated carbocycles. The molecule has 0 rings (SSSR count). The lowest BCUT2D eigenvalue weighted by atomic mass is 10.1. The van der Waals surface area contributed by atoms with Crippen LogP contribution in [0.5, 0.6) is 0 Å². The van der Waals surface area contributed by atoms with E-state index in [0.29, 0.717) is 24.9 Å². The smallest absolute Gasteiger partial charge is 0.220 e. The Labute approximate surface area is 99.9 Å². The first kappa shape index (κ1) is 15.4. The number of carbonyl (C=O) groups excluding carboxylic acids is 1. The largest absolute Gasteiger partial charge is 0.381 e. The fourth-order valence-electron chi connectivity index (χ4n) is 1.16. The van der Waals surface area contributed by atoms with Gasteiger partial charge in [0.15, 0.2) is 0 Å². The van der Waals surface area contributed by atoms with E-state index < -0.39 is 0 Å². The van der Waals surface area contributed by atoms with E-state index >= 15 is 0 Å². The topological polar surface area (TPSA) is 38.3 Å². The van der Waals surface area contributed by atoms with E-state index in [4.69, 9.17) is 4.74 Å². The van der Waals surface area contributed by atoms with Gasteiger partial charge in [-0.05, 0) is 24.7 Å². The number of nitrogens with one attached hydrogen (secondary N) is 1. The summed E-state index contributed by atoms with van der Waals surface area (Å²) in [6.07, 6.45) is 2.50. The van der Waals surface area contributed by atoms with Gasteiger partial charge in [-0.1, -0.05) is 27.7 Å². The van der Waals surface area contributed by atoms with E-state index in [-0.39, 0.29) is 5.91 Å². The molecule has 0 aromatic heterocycles. The van der Waals surface area contributed by atoms with Crippen LogP contribution in [0.25, 0.3) is 0 Å². The van der Waals surface area contributed by atoms with Gasteiger partial charge in [-0.2, -0.15) is 0 Å². The molecule has 1 N–H and O–H groups in total. The van der Waals surface area contributed by atoms with E-state index in [1.54, 1.807) is 0 Å². The van der Waals surface area contributed by atoms with E-state index in [1.165, 1.54) is 0 Å². The zero-order valence-electron chi connectivity index (χ0n) is 11.2. The van der Waals surface area contributed by atoms with Crippen LogP contribution in [0, 0.1) is 11.8 Å². The van der Waals surface area contributed by atoms with Gasteiger partial charge in [-0.25, -0.2) is 0 Å². The third kappa shape index (κ3) is 11.5. The monoisotopic (exact) mass is 229 g/mol. The summed E-state index contributed by atoms with van der Waals surface area (Å²) in [5.74, 6) is 1.35. The molecule has 0 spiro atoms. The van der Waals surface area contributed by atoms with E-state index in [9.17, 15) is 4.79 Å². The zero-order chi connectivity index (χ0) is 12.4. The van der Waals surface area contributed by atoms with Crippen molar-refractivity contribution in [2.24, 2.45) is 11.8 Å². The standard InChI is InChI=1S/C13H27NO2/c1-11(2)7-9-16-8-5-6-13(15)14-10-12(3)4/h11-12H,5-10H2,1-4H3,(H,14,15). The van der Waals surface area contributed by atoms with Gasteiger partial charge < -0.3 is 10.1 Å². The molecule has 0 aromatic carbocycles. The molecule has 0 unspecified atom stereocenters. The molecule has 0 aromatic rings. The summed E-state index contributed by atoms with van der Waals surface area (Å²) in [6.45, 7) is 10.8. The molecule has 0 heterocycles. The Morgan fingerprint density at radius 2 is 1.81 bits per heavy atom. The first-order valence-electron chi connectivity index (χ1n) is 6.36. The Morgan fingerprint density at radius 3 is 2.38 bits per heavy atom. The average molecular weight is 229 g/mol.